The second kappa shape index (κ2) is 5.37. The lowest BCUT2D eigenvalue weighted by atomic mass is 10.0. The van der Waals surface area contributed by atoms with Crippen LogP contribution in [0.25, 0.3) is 11.4 Å². The standard InChI is InChI=1S/C15H15ClFN3/c16-11-7-3-6-10(14(11)17)15-19-12(8-13(18)20-15)9-4-1-2-5-9/h3,6-9H,1-2,4-5H2,(H2,18,19,20). The van der Waals surface area contributed by atoms with E-state index in [1.165, 1.54) is 18.9 Å². The quantitative estimate of drug-likeness (QED) is 0.903. The van der Waals surface area contributed by atoms with Gasteiger partial charge in [0.15, 0.2) is 11.6 Å². The van der Waals surface area contributed by atoms with Crippen molar-refractivity contribution in [1.29, 1.82) is 0 Å². The number of aromatic nitrogens is 2. The topological polar surface area (TPSA) is 51.8 Å². The maximum atomic E-state index is 14.1. The molecule has 1 aromatic carbocycles. The highest BCUT2D eigenvalue weighted by Crippen LogP contribution is 2.35. The van der Waals surface area contributed by atoms with Crippen molar-refractivity contribution in [1.82, 2.24) is 9.97 Å². The number of nitrogens with zero attached hydrogens (tertiary/aromatic N) is 2. The summed E-state index contributed by atoms with van der Waals surface area (Å²) in [4.78, 5) is 8.64. The lowest BCUT2D eigenvalue weighted by molar-refractivity contribution is 0.629. The Balaban J connectivity index is 2.07. The van der Waals surface area contributed by atoms with Crippen molar-refractivity contribution in [3.63, 3.8) is 0 Å². The lowest BCUT2D eigenvalue weighted by Crippen LogP contribution is -2.04. The number of anilines is 1. The van der Waals surface area contributed by atoms with Crippen LogP contribution >= 0.6 is 11.6 Å². The van der Waals surface area contributed by atoms with E-state index in [0.29, 0.717) is 23.1 Å². The predicted molar refractivity (Wildman–Crippen MR) is 78.1 cm³/mol. The Morgan fingerprint density at radius 2 is 1.95 bits per heavy atom. The predicted octanol–water partition coefficient (Wildman–Crippen LogP) is 4.18. The largest absolute Gasteiger partial charge is 0.384 e. The fraction of sp³-hybridized carbons (Fsp3) is 0.333. The Morgan fingerprint density at radius 3 is 2.70 bits per heavy atom. The molecule has 1 aromatic heterocycles. The zero-order valence-corrected chi connectivity index (χ0v) is 11.7. The van der Waals surface area contributed by atoms with Crippen molar-refractivity contribution >= 4 is 17.4 Å². The molecular weight excluding hydrogens is 277 g/mol. The van der Waals surface area contributed by atoms with Crippen LogP contribution in [-0.2, 0) is 0 Å². The van der Waals surface area contributed by atoms with Gasteiger partial charge < -0.3 is 5.73 Å². The van der Waals surface area contributed by atoms with Crippen LogP contribution in [0.4, 0.5) is 10.2 Å². The fourth-order valence-corrected chi connectivity index (χ4v) is 2.89. The van der Waals surface area contributed by atoms with Crippen LogP contribution in [0.15, 0.2) is 24.3 Å². The molecule has 1 heterocycles. The molecular formula is C15H15ClFN3. The minimum atomic E-state index is -0.503. The molecule has 3 rings (SSSR count). The van der Waals surface area contributed by atoms with E-state index in [-0.39, 0.29) is 5.02 Å². The summed E-state index contributed by atoms with van der Waals surface area (Å²) in [6, 6.07) is 6.60. The van der Waals surface area contributed by atoms with Crippen molar-refractivity contribution < 1.29 is 4.39 Å². The van der Waals surface area contributed by atoms with E-state index in [4.69, 9.17) is 17.3 Å². The lowest BCUT2D eigenvalue weighted by Gasteiger charge is -2.11. The number of nitrogens with two attached hydrogens (primary N) is 1. The molecule has 0 amide bonds. The zero-order chi connectivity index (χ0) is 14.1. The number of halogens is 2. The molecule has 20 heavy (non-hydrogen) atoms. The first-order chi connectivity index (χ1) is 9.65. The third-order valence-corrected chi connectivity index (χ3v) is 4.02. The first-order valence-electron chi connectivity index (χ1n) is 6.74. The second-order valence-corrected chi connectivity index (χ2v) is 5.53. The van der Waals surface area contributed by atoms with E-state index in [2.05, 4.69) is 9.97 Å². The fourth-order valence-electron chi connectivity index (χ4n) is 2.71. The number of nitrogen functional groups attached to an aromatic ring is 1. The molecule has 0 radical (unpaired) electrons. The van der Waals surface area contributed by atoms with Crippen LogP contribution in [0.3, 0.4) is 0 Å². The molecule has 2 aromatic rings. The first kappa shape index (κ1) is 13.3. The molecule has 1 aliphatic rings. The summed E-state index contributed by atoms with van der Waals surface area (Å²) in [5, 5.41) is 0.0657. The summed E-state index contributed by atoms with van der Waals surface area (Å²) in [5.41, 5.74) is 7.05. The maximum absolute atomic E-state index is 14.1. The van der Waals surface area contributed by atoms with E-state index in [1.807, 2.05) is 0 Å². The highest BCUT2D eigenvalue weighted by Gasteiger charge is 2.21. The Labute approximate surface area is 122 Å². The number of hydrogen-bond acceptors (Lipinski definition) is 3. The zero-order valence-electron chi connectivity index (χ0n) is 10.9. The van der Waals surface area contributed by atoms with Gasteiger partial charge in [-0.15, -0.1) is 0 Å². The highest BCUT2D eigenvalue weighted by molar-refractivity contribution is 6.31. The third-order valence-electron chi connectivity index (χ3n) is 3.73. The smallest absolute Gasteiger partial charge is 0.164 e. The molecule has 0 bridgehead atoms. The number of benzene rings is 1. The Bertz CT molecular complexity index is 639. The van der Waals surface area contributed by atoms with Crippen LogP contribution in [-0.4, -0.2) is 9.97 Å². The van der Waals surface area contributed by atoms with Gasteiger partial charge in [-0.1, -0.05) is 30.5 Å². The van der Waals surface area contributed by atoms with Crippen LogP contribution < -0.4 is 5.73 Å². The molecule has 0 saturated heterocycles. The third kappa shape index (κ3) is 2.48. The normalized spacial score (nSPS) is 15.7. The van der Waals surface area contributed by atoms with Gasteiger partial charge in [0.25, 0.3) is 0 Å². The van der Waals surface area contributed by atoms with E-state index in [0.717, 1.165) is 18.5 Å². The summed E-state index contributed by atoms with van der Waals surface area (Å²) < 4.78 is 14.1. The maximum Gasteiger partial charge on any atom is 0.164 e. The molecule has 0 unspecified atom stereocenters. The second-order valence-electron chi connectivity index (χ2n) is 5.12. The molecule has 2 N–H and O–H groups in total. The Kier molecular flexibility index (Phi) is 3.57. The van der Waals surface area contributed by atoms with E-state index in [1.54, 1.807) is 18.2 Å². The summed E-state index contributed by atoms with van der Waals surface area (Å²) in [6.07, 6.45) is 4.62. The van der Waals surface area contributed by atoms with Crippen LogP contribution in [0.1, 0.15) is 37.3 Å². The monoisotopic (exact) mass is 291 g/mol. The molecule has 0 atom stereocenters. The molecule has 5 heteroatoms. The summed E-state index contributed by atoms with van der Waals surface area (Å²) in [6.45, 7) is 0. The van der Waals surface area contributed by atoms with Gasteiger partial charge in [-0.05, 0) is 25.0 Å². The van der Waals surface area contributed by atoms with Gasteiger partial charge >= 0.3 is 0 Å². The Morgan fingerprint density at radius 1 is 1.20 bits per heavy atom. The van der Waals surface area contributed by atoms with Gasteiger partial charge in [-0.2, -0.15) is 0 Å². The average molecular weight is 292 g/mol. The molecule has 104 valence electrons. The van der Waals surface area contributed by atoms with Crippen LogP contribution in [0.2, 0.25) is 5.02 Å². The number of hydrogen-bond donors (Lipinski definition) is 1. The van der Waals surface area contributed by atoms with Crippen molar-refractivity contribution in [2.75, 3.05) is 5.73 Å². The molecule has 1 aliphatic carbocycles. The van der Waals surface area contributed by atoms with Crippen molar-refractivity contribution in [2.24, 2.45) is 0 Å². The Hall–Kier alpha value is -1.68. The molecule has 1 saturated carbocycles. The van der Waals surface area contributed by atoms with Crippen molar-refractivity contribution in [2.45, 2.75) is 31.6 Å². The summed E-state index contributed by atoms with van der Waals surface area (Å²) in [7, 11) is 0. The van der Waals surface area contributed by atoms with Gasteiger partial charge in [-0.25, -0.2) is 14.4 Å². The summed E-state index contributed by atoms with van der Waals surface area (Å²) >= 11 is 5.81. The van der Waals surface area contributed by atoms with Gasteiger partial charge in [0.2, 0.25) is 0 Å². The minimum Gasteiger partial charge on any atom is -0.384 e. The van der Waals surface area contributed by atoms with Crippen molar-refractivity contribution in [3.05, 3.63) is 40.8 Å². The van der Waals surface area contributed by atoms with Gasteiger partial charge in [0, 0.05) is 17.7 Å². The SMILES string of the molecule is Nc1cc(C2CCCC2)nc(-c2cccc(Cl)c2F)n1. The molecule has 0 spiro atoms. The average Bonchev–Trinajstić information content (AvgIpc) is 2.95. The van der Waals surface area contributed by atoms with E-state index in [9.17, 15) is 4.39 Å². The summed E-state index contributed by atoms with van der Waals surface area (Å²) in [5.74, 6) is 0.585. The van der Waals surface area contributed by atoms with E-state index >= 15 is 0 Å². The van der Waals surface area contributed by atoms with Gasteiger partial charge in [0.05, 0.1) is 10.6 Å². The molecule has 3 nitrogen and oxygen atoms in total. The van der Waals surface area contributed by atoms with Crippen molar-refractivity contribution in [3.8, 4) is 11.4 Å². The van der Waals surface area contributed by atoms with Crippen LogP contribution in [0, 0.1) is 5.82 Å². The number of rotatable bonds is 2. The van der Waals surface area contributed by atoms with E-state index < -0.39 is 5.82 Å². The van der Waals surface area contributed by atoms with Crippen LogP contribution in [0.5, 0.6) is 0 Å². The highest BCUT2D eigenvalue weighted by atomic mass is 35.5. The molecule has 0 aliphatic heterocycles. The van der Waals surface area contributed by atoms with Gasteiger partial charge in [-0.3, -0.25) is 0 Å². The minimum absolute atomic E-state index is 0.0657. The first-order valence-corrected chi connectivity index (χ1v) is 7.12. The van der Waals surface area contributed by atoms with Gasteiger partial charge in [0.1, 0.15) is 5.82 Å². The molecule has 1 fully saturated rings.